The molecule has 0 saturated carbocycles. The molecule has 1 atom stereocenters. The first kappa shape index (κ1) is 22.7. The van der Waals surface area contributed by atoms with Crippen molar-refractivity contribution in [1.29, 1.82) is 0 Å². The zero-order valence-electron chi connectivity index (χ0n) is 17.6. The third-order valence-electron chi connectivity index (χ3n) is 4.64. The van der Waals surface area contributed by atoms with Crippen LogP contribution in [-0.2, 0) is 4.79 Å². The Kier molecular flexibility index (Phi) is 7.16. The number of aromatic nitrogens is 1. The summed E-state index contributed by atoms with van der Waals surface area (Å²) < 4.78 is 13.1. The van der Waals surface area contributed by atoms with Gasteiger partial charge < -0.3 is 10.6 Å². The zero-order chi connectivity index (χ0) is 23.2. The molecule has 2 N–H and O–H groups in total. The molecular formula is C25H20FN3O2S2. The van der Waals surface area contributed by atoms with Gasteiger partial charge in [0, 0.05) is 21.5 Å². The highest BCUT2D eigenvalue weighted by Gasteiger charge is 2.23. The third-order valence-corrected chi connectivity index (χ3v) is 6.77. The highest BCUT2D eigenvalue weighted by Crippen LogP contribution is 2.37. The summed E-state index contributed by atoms with van der Waals surface area (Å²) in [6, 6.07) is 22.1. The summed E-state index contributed by atoms with van der Waals surface area (Å²) >= 11 is 2.76. The van der Waals surface area contributed by atoms with Gasteiger partial charge >= 0.3 is 0 Å². The standard InChI is InChI=1S/C25H20FN3O2S2/c1-16-15-32-25(27-16)29-24(31)22(17-6-3-2-4-7-17)33-21-9-5-8-20(14-21)28-23(30)18-10-12-19(26)13-11-18/h2-15,22H,1H3,(H,28,30)(H,27,29,31). The van der Waals surface area contributed by atoms with Crippen LogP contribution in [0.4, 0.5) is 15.2 Å². The minimum atomic E-state index is -0.515. The van der Waals surface area contributed by atoms with Crippen molar-refractivity contribution < 1.29 is 14.0 Å². The van der Waals surface area contributed by atoms with E-state index in [1.54, 1.807) is 6.07 Å². The number of nitrogens with one attached hydrogen (secondary N) is 2. The van der Waals surface area contributed by atoms with Crippen molar-refractivity contribution in [2.75, 3.05) is 10.6 Å². The van der Waals surface area contributed by atoms with E-state index >= 15 is 0 Å². The Bertz CT molecular complexity index is 1260. The molecule has 2 amide bonds. The fourth-order valence-corrected chi connectivity index (χ4v) is 4.85. The maximum atomic E-state index is 13.1. The summed E-state index contributed by atoms with van der Waals surface area (Å²) in [7, 11) is 0. The number of hydrogen-bond donors (Lipinski definition) is 2. The van der Waals surface area contributed by atoms with E-state index in [0.717, 1.165) is 16.2 Å². The molecule has 8 heteroatoms. The fraction of sp³-hybridized carbons (Fsp3) is 0.0800. The maximum Gasteiger partial charge on any atom is 0.255 e. The Balaban J connectivity index is 1.53. The van der Waals surface area contributed by atoms with Crippen LogP contribution in [0.1, 0.15) is 26.9 Å². The van der Waals surface area contributed by atoms with Crippen molar-refractivity contribution >= 4 is 45.7 Å². The lowest BCUT2D eigenvalue weighted by atomic mass is 10.1. The fourth-order valence-electron chi connectivity index (χ4n) is 3.07. The molecule has 5 nitrogen and oxygen atoms in total. The number of anilines is 2. The second-order valence-electron chi connectivity index (χ2n) is 7.18. The van der Waals surface area contributed by atoms with E-state index in [1.165, 1.54) is 47.4 Å². The van der Waals surface area contributed by atoms with Gasteiger partial charge in [0.15, 0.2) is 5.13 Å². The Labute approximate surface area is 199 Å². The molecule has 0 bridgehead atoms. The van der Waals surface area contributed by atoms with Gasteiger partial charge in [-0.1, -0.05) is 36.4 Å². The molecule has 166 valence electrons. The molecule has 1 heterocycles. The summed E-state index contributed by atoms with van der Waals surface area (Å²) in [6.45, 7) is 1.88. The molecule has 4 rings (SSSR count). The van der Waals surface area contributed by atoms with Crippen LogP contribution >= 0.6 is 23.1 Å². The van der Waals surface area contributed by atoms with Gasteiger partial charge in [0.2, 0.25) is 5.91 Å². The van der Waals surface area contributed by atoms with Crippen molar-refractivity contribution in [2.24, 2.45) is 0 Å². The van der Waals surface area contributed by atoms with Crippen molar-refractivity contribution in [2.45, 2.75) is 17.1 Å². The summed E-state index contributed by atoms with van der Waals surface area (Å²) in [5.41, 5.74) is 2.64. The number of hydrogen-bond acceptors (Lipinski definition) is 5. The van der Waals surface area contributed by atoms with Gasteiger partial charge in [0.25, 0.3) is 5.91 Å². The van der Waals surface area contributed by atoms with Gasteiger partial charge in [-0.2, -0.15) is 0 Å². The first-order chi connectivity index (χ1) is 16.0. The smallest absolute Gasteiger partial charge is 0.255 e. The number of thiazole rings is 1. The molecule has 0 aliphatic rings. The highest BCUT2D eigenvalue weighted by atomic mass is 32.2. The average Bonchev–Trinajstić information content (AvgIpc) is 3.23. The van der Waals surface area contributed by atoms with Crippen LogP contribution in [0, 0.1) is 12.7 Å². The summed E-state index contributed by atoms with van der Waals surface area (Å²) in [4.78, 5) is 30.8. The molecule has 0 radical (unpaired) electrons. The van der Waals surface area contributed by atoms with Crippen LogP contribution in [0.2, 0.25) is 0 Å². The molecule has 0 saturated heterocycles. The van der Waals surface area contributed by atoms with Gasteiger partial charge in [-0.05, 0) is 55.0 Å². The number of thioether (sulfide) groups is 1. The van der Waals surface area contributed by atoms with Crippen LogP contribution in [0.3, 0.4) is 0 Å². The Morgan fingerprint density at radius 3 is 2.42 bits per heavy atom. The van der Waals surface area contributed by atoms with Crippen LogP contribution < -0.4 is 10.6 Å². The number of rotatable bonds is 7. The van der Waals surface area contributed by atoms with E-state index in [1.807, 2.05) is 60.8 Å². The minimum Gasteiger partial charge on any atom is -0.322 e. The van der Waals surface area contributed by atoms with Gasteiger partial charge in [-0.25, -0.2) is 9.37 Å². The van der Waals surface area contributed by atoms with Crippen molar-refractivity contribution in [3.63, 3.8) is 0 Å². The molecule has 3 aromatic carbocycles. The Hall–Kier alpha value is -3.49. The number of halogens is 1. The Morgan fingerprint density at radius 2 is 1.73 bits per heavy atom. The van der Waals surface area contributed by atoms with Crippen LogP contribution in [0.5, 0.6) is 0 Å². The van der Waals surface area contributed by atoms with E-state index in [9.17, 15) is 14.0 Å². The van der Waals surface area contributed by atoms with E-state index in [0.29, 0.717) is 16.4 Å². The van der Waals surface area contributed by atoms with Crippen molar-refractivity contribution in [1.82, 2.24) is 4.98 Å². The predicted molar refractivity (Wildman–Crippen MR) is 131 cm³/mol. The molecule has 1 unspecified atom stereocenters. The zero-order valence-corrected chi connectivity index (χ0v) is 19.3. The SMILES string of the molecule is Cc1csc(NC(=O)C(Sc2cccc(NC(=O)c3ccc(F)cc3)c2)c2ccccc2)n1. The number of amides is 2. The molecule has 0 aliphatic carbocycles. The molecule has 1 aromatic heterocycles. The monoisotopic (exact) mass is 477 g/mol. The van der Waals surface area contributed by atoms with Crippen LogP contribution in [-0.4, -0.2) is 16.8 Å². The first-order valence-corrected chi connectivity index (χ1v) is 11.9. The normalized spacial score (nSPS) is 11.6. The maximum absolute atomic E-state index is 13.1. The molecular weight excluding hydrogens is 457 g/mol. The van der Waals surface area contributed by atoms with E-state index in [4.69, 9.17) is 0 Å². The number of nitrogens with zero attached hydrogens (tertiary/aromatic N) is 1. The lowest BCUT2D eigenvalue weighted by Gasteiger charge is -2.17. The summed E-state index contributed by atoms with van der Waals surface area (Å²) in [6.07, 6.45) is 0. The van der Waals surface area contributed by atoms with Gasteiger partial charge in [0.05, 0.1) is 5.69 Å². The first-order valence-electron chi connectivity index (χ1n) is 10.1. The van der Waals surface area contributed by atoms with Crippen LogP contribution in [0.15, 0.2) is 89.1 Å². The number of carbonyl (C=O) groups excluding carboxylic acids is 2. The summed E-state index contributed by atoms with van der Waals surface area (Å²) in [5, 5.41) is 7.64. The molecule has 0 fully saturated rings. The lowest BCUT2D eigenvalue weighted by Crippen LogP contribution is -2.19. The highest BCUT2D eigenvalue weighted by molar-refractivity contribution is 8.00. The van der Waals surface area contributed by atoms with Gasteiger partial charge in [0.1, 0.15) is 11.1 Å². The average molecular weight is 478 g/mol. The molecule has 0 spiro atoms. The number of aryl methyl sites for hydroxylation is 1. The molecule has 4 aromatic rings. The quantitative estimate of drug-likeness (QED) is 0.306. The minimum absolute atomic E-state index is 0.179. The predicted octanol–water partition coefficient (Wildman–Crippen LogP) is 6.32. The van der Waals surface area contributed by atoms with E-state index in [-0.39, 0.29) is 11.8 Å². The Morgan fingerprint density at radius 1 is 0.970 bits per heavy atom. The second kappa shape index (κ2) is 10.4. The van der Waals surface area contributed by atoms with E-state index < -0.39 is 11.1 Å². The number of carbonyl (C=O) groups is 2. The van der Waals surface area contributed by atoms with Crippen molar-refractivity contribution in [3.05, 3.63) is 107 Å². The van der Waals surface area contributed by atoms with Gasteiger partial charge in [-0.15, -0.1) is 23.1 Å². The lowest BCUT2D eigenvalue weighted by molar-refractivity contribution is -0.115. The van der Waals surface area contributed by atoms with Gasteiger partial charge in [-0.3, -0.25) is 9.59 Å². The molecule has 33 heavy (non-hydrogen) atoms. The van der Waals surface area contributed by atoms with E-state index in [2.05, 4.69) is 15.6 Å². The largest absolute Gasteiger partial charge is 0.322 e. The molecule has 0 aliphatic heterocycles. The second-order valence-corrected chi connectivity index (χ2v) is 9.22. The number of benzene rings is 3. The van der Waals surface area contributed by atoms with Crippen molar-refractivity contribution in [3.8, 4) is 0 Å². The topological polar surface area (TPSA) is 71.1 Å². The third kappa shape index (κ3) is 6.06. The van der Waals surface area contributed by atoms with Crippen LogP contribution in [0.25, 0.3) is 0 Å². The summed E-state index contributed by atoms with van der Waals surface area (Å²) in [5.74, 6) is -0.918.